The molecule has 0 aromatic heterocycles. The Morgan fingerprint density at radius 3 is 1.09 bits per heavy atom. The third-order valence-electron chi connectivity index (χ3n) is 3.49. The highest BCUT2D eigenvalue weighted by Gasteiger charge is 1.98. The van der Waals surface area contributed by atoms with E-state index in [1.54, 1.807) is 0 Å². The van der Waals surface area contributed by atoms with Crippen LogP contribution in [0.4, 0.5) is 0 Å². The number of carbonyl (C=O) groups is 2. The van der Waals surface area contributed by atoms with Crippen LogP contribution in [0.2, 0.25) is 0 Å². The van der Waals surface area contributed by atoms with Crippen molar-refractivity contribution in [1.82, 2.24) is 0 Å². The third kappa shape index (κ3) is 27.3. The summed E-state index contributed by atoms with van der Waals surface area (Å²) in [6.07, 6.45) is 14.7. The molecule has 0 amide bonds. The van der Waals surface area contributed by atoms with E-state index in [2.05, 4.69) is 13.8 Å². The molecule has 0 bridgehead atoms. The summed E-state index contributed by atoms with van der Waals surface area (Å²) in [4.78, 5) is 20.1. The van der Waals surface area contributed by atoms with Crippen LogP contribution in [-0.2, 0) is 9.59 Å². The number of unbranched alkanes of at least 4 members (excludes halogenated alkanes) is 10. The third-order valence-corrected chi connectivity index (χ3v) is 3.49. The topological polar surface area (TPSA) is 74.6 Å². The van der Waals surface area contributed by atoms with Gasteiger partial charge in [0.05, 0.1) is 0 Å². The van der Waals surface area contributed by atoms with E-state index in [1.165, 1.54) is 51.4 Å². The van der Waals surface area contributed by atoms with Crippen molar-refractivity contribution in [3.8, 4) is 0 Å². The molecule has 0 heterocycles. The predicted octanol–water partition coefficient (Wildman–Crippen LogP) is 5.64. The highest BCUT2D eigenvalue weighted by Crippen LogP contribution is 2.07. The Morgan fingerprint density at radius 2 is 0.818 bits per heavy atom. The Balaban J connectivity index is 0. The zero-order valence-corrected chi connectivity index (χ0v) is 14.6. The maximum absolute atomic E-state index is 10.0. The minimum Gasteiger partial charge on any atom is -0.481 e. The summed E-state index contributed by atoms with van der Waals surface area (Å²) >= 11 is 0. The number of hydrogen-bond acceptors (Lipinski definition) is 2. The first-order valence-corrected chi connectivity index (χ1v) is 8.98. The molecule has 0 rings (SSSR count). The number of hydrogen-bond donors (Lipinski definition) is 2. The molecule has 2 N–H and O–H groups in total. The molecular weight excluding hydrogens is 280 g/mol. The first-order chi connectivity index (χ1) is 10.5. The van der Waals surface area contributed by atoms with Crippen molar-refractivity contribution in [3.05, 3.63) is 0 Å². The van der Waals surface area contributed by atoms with Gasteiger partial charge in [-0.05, 0) is 12.8 Å². The standard InChI is InChI=1S/C10H22.C8H14O4/c1-3-5-7-9-10-8-6-4-2;9-7(10)5-3-1-2-4-6-8(11)12/h3-10H2,1-2H3;1-6H2,(H,9,10)(H,11,12). The van der Waals surface area contributed by atoms with Crippen molar-refractivity contribution < 1.29 is 19.8 Å². The fourth-order valence-corrected chi connectivity index (χ4v) is 2.11. The number of rotatable bonds is 14. The number of carboxylic acid groups (broad SMARTS) is 2. The lowest BCUT2D eigenvalue weighted by Crippen LogP contribution is -1.95. The summed E-state index contributed by atoms with van der Waals surface area (Å²) in [6, 6.07) is 0. The first-order valence-electron chi connectivity index (χ1n) is 8.98. The summed E-state index contributed by atoms with van der Waals surface area (Å²) in [5, 5.41) is 16.5. The maximum Gasteiger partial charge on any atom is 0.303 e. The predicted molar refractivity (Wildman–Crippen MR) is 91.3 cm³/mol. The van der Waals surface area contributed by atoms with Crippen LogP contribution in [0.5, 0.6) is 0 Å². The van der Waals surface area contributed by atoms with Gasteiger partial charge in [0.1, 0.15) is 0 Å². The van der Waals surface area contributed by atoms with Crippen molar-refractivity contribution in [1.29, 1.82) is 0 Å². The molecule has 0 saturated carbocycles. The van der Waals surface area contributed by atoms with Crippen LogP contribution >= 0.6 is 0 Å². The summed E-state index contributed by atoms with van der Waals surface area (Å²) in [7, 11) is 0. The molecule has 0 fully saturated rings. The zero-order valence-electron chi connectivity index (χ0n) is 14.6. The second-order valence-corrected chi connectivity index (χ2v) is 5.82. The molecule has 0 aromatic carbocycles. The van der Waals surface area contributed by atoms with Gasteiger partial charge in [-0.1, -0.05) is 78.1 Å². The lowest BCUT2D eigenvalue weighted by molar-refractivity contribution is -0.138. The van der Waals surface area contributed by atoms with E-state index in [9.17, 15) is 9.59 Å². The Bertz CT molecular complexity index is 225. The molecule has 0 aliphatic heterocycles. The van der Waals surface area contributed by atoms with Gasteiger partial charge in [-0.25, -0.2) is 0 Å². The van der Waals surface area contributed by atoms with E-state index >= 15 is 0 Å². The van der Waals surface area contributed by atoms with Crippen LogP contribution < -0.4 is 0 Å². The van der Waals surface area contributed by atoms with Gasteiger partial charge in [0.15, 0.2) is 0 Å². The second kappa shape index (κ2) is 19.9. The van der Waals surface area contributed by atoms with E-state index in [0.29, 0.717) is 12.8 Å². The number of carboxylic acids is 2. The molecule has 0 aliphatic rings. The molecule has 0 aromatic rings. The van der Waals surface area contributed by atoms with E-state index < -0.39 is 11.9 Å². The van der Waals surface area contributed by atoms with Crippen LogP contribution in [0.25, 0.3) is 0 Å². The largest absolute Gasteiger partial charge is 0.481 e. The van der Waals surface area contributed by atoms with E-state index in [1.807, 2.05) is 0 Å². The lowest BCUT2D eigenvalue weighted by Gasteiger charge is -1.97. The minimum atomic E-state index is -0.784. The zero-order chi connectivity index (χ0) is 17.1. The lowest BCUT2D eigenvalue weighted by atomic mass is 10.1. The van der Waals surface area contributed by atoms with Gasteiger partial charge < -0.3 is 10.2 Å². The molecule has 4 nitrogen and oxygen atoms in total. The Kier molecular flexibility index (Phi) is 21.0. The van der Waals surface area contributed by atoms with Gasteiger partial charge in [-0.3, -0.25) is 9.59 Å². The molecule has 0 radical (unpaired) electrons. The van der Waals surface area contributed by atoms with Gasteiger partial charge in [0, 0.05) is 12.8 Å². The van der Waals surface area contributed by atoms with Crippen molar-refractivity contribution in [2.24, 2.45) is 0 Å². The van der Waals surface area contributed by atoms with Crippen LogP contribution in [0.1, 0.15) is 104 Å². The smallest absolute Gasteiger partial charge is 0.303 e. The van der Waals surface area contributed by atoms with E-state index in [-0.39, 0.29) is 12.8 Å². The average molecular weight is 316 g/mol. The minimum absolute atomic E-state index is 0.188. The fraction of sp³-hybridized carbons (Fsp3) is 0.889. The Morgan fingerprint density at radius 1 is 0.545 bits per heavy atom. The molecule has 0 spiro atoms. The fourth-order valence-electron chi connectivity index (χ4n) is 2.11. The molecule has 0 atom stereocenters. The number of aliphatic carboxylic acids is 2. The first kappa shape index (κ1) is 23.2. The Labute approximate surface area is 136 Å². The van der Waals surface area contributed by atoms with Gasteiger partial charge >= 0.3 is 11.9 Å². The molecule has 132 valence electrons. The SMILES string of the molecule is CCCCCCCCCC.O=C(O)CCCCCCC(=O)O. The monoisotopic (exact) mass is 316 g/mol. The summed E-state index contributed by atoms with van der Waals surface area (Å²) in [5.41, 5.74) is 0. The van der Waals surface area contributed by atoms with E-state index in [4.69, 9.17) is 10.2 Å². The van der Waals surface area contributed by atoms with Crippen LogP contribution in [0.3, 0.4) is 0 Å². The van der Waals surface area contributed by atoms with Crippen molar-refractivity contribution >= 4 is 11.9 Å². The van der Waals surface area contributed by atoms with Gasteiger partial charge in [-0.15, -0.1) is 0 Å². The van der Waals surface area contributed by atoms with Gasteiger partial charge in [-0.2, -0.15) is 0 Å². The molecular formula is C18H36O4. The van der Waals surface area contributed by atoms with Gasteiger partial charge in [0.2, 0.25) is 0 Å². The van der Waals surface area contributed by atoms with Gasteiger partial charge in [0.25, 0.3) is 0 Å². The summed E-state index contributed by atoms with van der Waals surface area (Å²) in [6.45, 7) is 4.54. The summed E-state index contributed by atoms with van der Waals surface area (Å²) in [5.74, 6) is -1.57. The summed E-state index contributed by atoms with van der Waals surface area (Å²) < 4.78 is 0. The van der Waals surface area contributed by atoms with Crippen LogP contribution in [0.15, 0.2) is 0 Å². The molecule has 0 unspecified atom stereocenters. The van der Waals surface area contributed by atoms with Crippen molar-refractivity contribution in [3.63, 3.8) is 0 Å². The van der Waals surface area contributed by atoms with Crippen LogP contribution in [-0.4, -0.2) is 22.2 Å². The van der Waals surface area contributed by atoms with E-state index in [0.717, 1.165) is 12.8 Å². The highest BCUT2D eigenvalue weighted by molar-refractivity contribution is 5.66. The quantitative estimate of drug-likeness (QED) is 0.406. The molecule has 22 heavy (non-hydrogen) atoms. The maximum atomic E-state index is 10.0. The molecule has 4 heteroatoms. The van der Waals surface area contributed by atoms with Crippen molar-refractivity contribution in [2.75, 3.05) is 0 Å². The average Bonchev–Trinajstić information content (AvgIpc) is 2.46. The second-order valence-electron chi connectivity index (χ2n) is 5.82. The normalized spacial score (nSPS) is 9.91. The highest BCUT2D eigenvalue weighted by atomic mass is 16.4. The Hall–Kier alpha value is -1.06. The molecule has 0 aliphatic carbocycles. The molecule has 0 saturated heterocycles. The van der Waals surface area contributed by atoms with Crippen molar-refractivity contribution in [2.45, 2.75) is 104 Å². The van der Waals surface area contributed by atoms with Crippen LogP contribution in [0, 0.1) is 0 Å².